The van der Waals surface area contributed by atoms with Gasteiger partial charge in [-0.15, -0.1) is 0 Å². The molecule has 0 heterocycles. The Labute approximate surface area is 186 Å². The molecular weight excluding hydrogens is 456 g/mol. The first-order valence-electron chi connectivity index (χ1n) is 9.22. The zero-order chi connectivity index (χ0) is 23.9. The molecule has 32 heavy (non-hydrogen) atoms. The van der Waals surface area contributed by atoms with E-state index in [1.54, 1.807) is 19.9 Å². The van der Waals surface area contributed by atoms with E-state index in [1.807, 2.05) is 0 Å². The minimum absolute atomic E-state index is 0.113. The molecule has 11 heteroatoms. The van der Waals surface area contributed by atoms with Crippen molar-refractivity contribution in [2.24, 2.45) is 0 Å². The fraction of sp³-hybridized carbons (Fsp3) is 0.143. The van der Waals surface area contributed by atoms with Crippen LogP contribution in [0.3, 0.4) is 0 Å². The van der Waals surface area contributed by atoms with Gasteiger partial charge in [0.1, 0.15) is 16.4 Å². The molecule has 0 amide bonds. The predicted octanol–water partition coefficient (Wildman–Crippen LogP) is 3.46. The Kier molecular flexibility index (Phi) is 5.96. The smallest absolute Gasteiger partial charge is 0.298 e. The Hall–Kier alpha value is -3.12. The van der Waals surface area contributed by atoms with Crippen molar-refractivity contribution < 1.29 is 30.7 Å². The highest BCUT2D eigenvalue weighted by molar-refractivity contribution is 7.86. The summed E-state index contributed by atoms with van der Waals surface area (Å²) in [5.74, 6) is 0.118. The van der Waals surface area contributed by atoms with E-state index in [-0.39, 0.29) is 22.1 Å². The third-order valence-electron chi connectivity index (χ3n) is 5.10. The number of anilines is 2. The average Bonchev–Trinajstić information content (AvgIpc) is 2.69. The lowest BCUT2D eigenvalue weighted by Crippen LogP contribution is -2.20. The second-order valence-electron chi connectivity index (χ2n) is 7.65. The molecule has 0 aliphatic heterocycles. The topological polar surface area (TPSA) is 170 Å². The minimum atomic E-state index is -4.66. The molecule has 3 rings (SSSR count). The van der Waals surface area contributed by atoms with E-state index in [2.05, 4.69) is 0 Å². The predicted molar refractivity (Wildman–Crippen MR) is 120 cm³/mol. The van der Waals surface area contributed by atoms with Crippen molar-refractivity contribution in [3.63, 3.8) is 0 Å². The maximum atomic E-state index is 12.1. The van der Waals surface area contributed by atoms with E-state index >= 15 is 0 Å². The molecule has 0 aromatic heterocycles. The molecule has 0 radical (unpaired) electrons. The summed E-state index contributed by atoms with van der Waals surface area (Å²) in [6, 6.07) is 14.3. The monoisotopic (exact) mass is 478 g/mol. The lowest BCUT2D eigenvalue weighted by atomic mass is 9.78. The van der Waals surface area contributed by atoms with Gasteiger partial charge in [-0.25, -0.2) is 0 Å². The molecule has 9 nitrogen and oxygen atoms in total. The van der Waals surface area contributed by atoms with Crippen molar-refractivity contribution >= 4 is 31.6 Å². The number of benzene rings is 3. The summed E-state index contributed by atoms with van der Waals surface area (Å²) in [5.41, 5.74) is 12.4. The third kappa shape index (κ3) is 4.86. The molecule has 0 spiro atoms. The van der Waals surface area contributed by atoms with E-state index in [9.17, 15) is 21.4 Å². The molecule has 0 aliphatic carbocycles. The molecule has 0 bridgehead atoms. The van der Waals surface area contributed by atoms with Crippen molar-refractivity contribution in [1.29, 1.82) is 0 Å². The summed E-state index contributed by atoms with van der Waals surface area (Å²) in [7, 11) is -9.00. The fourth-order valence-corrected chi connectivity index (χ4v) is 4.26. The normalized spacial score (nSPS) is 12.5. The van der Waals surface area contributed by atoms with Crippen LogP contribution in [0.15, 0.2) is 70.5 Å². The highest BCUT2D eigenvalue weighted by atomic mass is 32.2. The number of hydrogen-bond acceptors (Lipinski definition) is 7. The second kappa shape index (κ2) is 8.10. The Morgan fingerprint density at radius 2 is 1.34 bits per heavy atom. The van der Waals surface area contributed by atoms with Crippen molar-refractivity contribution in [3.8, 4) is 11.5 Å². The van der Waals surface area contributed by atoms with Gasteiger partial charge < -0.3 is 16.2 Å². The van der Waals surface area contributed by atoms with Crippen LogP contribution in [-0.2, 0) is 25.7 Å². The van der Waals surface area contributed by atoms with E-state index in [4.69, 9.17) is 20.8 Å². The summed E-state index contributed by atoms with van der Waals surface area (Å²) in [5, 5.41) is 0. The van der Waals surface area contributed by atoms with Gasteiger partial charge in [0.25, 0.3) is 20.2 Å². The van der Waals surface area contributed by atoms with Gasteiger partial charge in [-0.2, -0.15) is 16.8 Å². The molecule has 0 saturated carbocycles. The average molecular weight is 479 g/mol. The first-order valence-corrected chi connectivity index (χ1v) is 12.1. The molecule has 3 aromatic rings. The number of hydrogen-bond donors (Lipinski definition) is 4. The quantitative estimate of drug-likeness (QED) is 0.306. The van der Waals surface area contributed by atoms with Crippen LogP contribution in [-0.4, -0.2) is 25.9 Å². The van der Waals surface area contributed by atoms with Crippen LogP contribution in [0.2, 0.25) is 0 Å². The molecule has 0 atom stereocenters. The Morgan fingerprint density at radius 1 is 0.750 bits per heavy atom. The largest absolute Gasteiger partial charge is 0.456 e. The van der Waals surface area contributed by atoms with Crippen LogP contribution in [0.4, 0.5) is 11.4 Å². The number of nitrogen functional groups attached to an aromatic ring is 2. The zero-order valence-corrected chi connectivity index (χ0v) is 18.8. The van der Waals surface area contributed by atoms with Crippen molar-refractivity contribution in [1.82, 2.24) is 0 Å². The van der Waals surface area contributed by atoms with Crippen LogP contribution in [0.25, 0.3) is 0 Å². The van der Waals surface area contributed by atoms with Crippen molar-refractivity contribution in [2.75, 3.05) is 11.5 Å². The summed E-state index contributed by atoms with van der Waals surface area (Å²) >= 11 is 0. The molecule has 6 N–H and O–H groups in total. The fourth-order valence-electron chi connectivity index (χ4n) is 3.14. The first kappa shape index (κ1) is 23.5. The standard InChI is InChI=1S/C21H22N2O7S2/c1-21(2,13-3-7-16(8-4-13)31(24,25)26)14-5-10-19(20(11-14)32(27,28)29)30-15-6-9-17(22)18(23)12-15/h3-12H,22-23H2,1-2H3,(H,24,25,26)(H,27,28,29). The number of rotatable bonds is 6. The van der Waals surface area contributed by atoms with E-state index in [0.29, 0.717) is 16.8 Å². The summed E-state index contributed by atoms with van der Waals surface area (Å²) < 4.78 is 71.3. The lowest BCUT2D eigenvalue weighted by Gasteiger charge is -2.27. The SMILES string of the molecule is CC(C)(c1ccc(S(=O)(=O)O)cc1)c1ccc(Oc2ccc(N)c(N)c2)c(S(=O)(=O)O)c1. The highest BCUT2D eigenvalue weighted by Crippen LogP contribution is 2.37. The summed E-state index contributed by atoms with van der Waals surface area (Å²) in [6.45, 7) is 3.58. The molecule has 0 unspecified atom stereocenters. The van der Waals surface area contributed by atoms with Crippen molar-refractivity contribution in [3.05, 3.63) is 71.8 Å². The summed E-state index contributed by atoms with van der Waals surface area (Å²) in [6.07, 6.45) is 0. The van der Waals surface area contributed by atoms with Gasteiger partial charge in [0, 0.05) is 11.5 Å². The van der Waals surface area contributed by atoms with Crippen molar-refractivity contribution in [2.45, 2.75) is 29.1 Å². The molecular formula is C21H22N2O7S2. The minimum Gasteiger partial charge on any atom is -0.456 e. The van der Waals surface area contributed by atoms with Crippen LogP contribution in [0, 0.1) is 0 Å². The van der Waals surface area contributed by atoms with Crippen LogP contribution < -0.4 is 16.2 Å². The van der Waals surface area contributed by atoms with E-state index in [0.717, 1.165) is 0 Å². The van der Waals surface area contributed by atoms with Gasteiger partial charge in [0.2, 0.25) is 0 Å². The van der Waals surface area contributed by atoms with Gasteiger partial charge in [-0.3, -0.25) is 9.11 Å². The maximum Gasteiger partial charge on any atom is 0.298 e. The number of ether oxygens (including phenoxy) is 1. The highest BCUT2D eigenvalue weighted by Gasteiger charge is 2.27. The lowest BCUT2D eigenvalue weighted by molar-refractivity contribution is 0.449. The van der Waals surface area contributed by atoms with E-state index < -0.39 is 30.5 Å². The van der Waals surface area contributed by atoms with E-state index in [1.165, 1.54) is 54.6 Å². The van der Waals surface area contributed by atoms with Gasteiger partial charge >= 0.3 is 0 Å². The second-order valence-corrected chi connectivity index (χ2v) is 10.5. The van der Waals surface area contributed by atoms with Crippen LogP contribution in [0.1, 0.15) is 25.0 Å². The first-order chi connectivity index (χ1) is 14.7. The molecule has 170 valence electrons. The Morgan fingerprint density at radius 3 is 1.88 bits per heavy atom. The Bertz CT molecular complexity index is 1380. The third-order valence-corrected chi connectivity index (χ3v) is 6.85. The van der Waals surface area contributed by atoms with Gasteiger partial charge in [-0.05, 0) is 47.5 Å². The number of nitrogens with two attached hydrogens (primary N) is 2. The Balaban J connectivity index is 2.05. The van der Waals surface area contributed by atoms with Gasteiger partial charge in [0.05, 0.1) is 16.3 Å². The van der Waals surface area contributed by atoms with Crippen LogP contribution in [0.5, 0.6) is 11.5 Å². The molecule has 0 aliphatic rings. The molecule has 0 fully saturated rings. The van der Waals surface area contributed by atoms with Gasteiger partial charge in [0.15, 0.2) is 0 Å². The summed E-state index contributed by atoms with van der Waals surface area (Å²) in [4.78, 5) is -0.713. The van der Waals surface area contributed by atoms with Gasteiger partial charge in [-0.1, -0.05) is 32.0 Å². The molecule has 3 aromatic carbocycles. The maximum absolute atomic E-state index is 12.1. The zero-order valence-electron chi connectivity index (χ0n) is 17.2. The molecule has 0 saturated heterocycles. The van der Waals surface area contributed by atoms with Crippen LogP contribution >= 0.6 is 0 Å².